The lowest BCUT2D eigenvalue weighted by atomic mass is 10.1. The molecular weight excluding hydrogens is 270 g/mol. The molecule has 0 radical (unpaired) electrons. The number of benzene rings is 1. The van der Waals surface area contributed by atoms with E-state index >= 15 is 0 Å². The molecule has 0 spiro atoms. The van der Waals surface area contributed by atoms with Crippen molar-refractivity contribution in [2.45, 2.75) is 26.8 Å². The summed E-state index contributed by atoms with van der Waals surface area (Å²) in [4.78, 5) is 27.0. The van der Waals surface area contributed by atoms with Gasteiger partial charge in [0.2, 0.25) is 11.8 Å². The second-order valence-corrected chi connectivity index (χ2v) is 4.74. The van der Waals surface area contributed by atoms with Gasteiger partial charge in [0.25, 0.3) is 0 Å². The van der Waals surface area contributed by atoms with Crippen molar-refractivity contribution < 1.29 is 14.0 Å². The van der Waals surface area contributed by atoms with Gasteiger partial charge in [0, 0.05) is 25.1 Å². The van der Waals surface area contributed by atoms with Gasteiger partial charge in [0.15, 0.2) is 5.89 Å². The number of carbonyl (C=O) groups is 2. The summed E-state index contributed by atoms with van der Waals surface area (Å²) in [6.45, 7) is 4.78. The van der Waals surface area contributed by atoms with Crippen molar-refractivity contribution in [2.24, 2.45) is 0 Å². The van der Waals surface area contributed by atoms with Gasteiger partial charge in [-0.3, -0.25) is 9.59 Å². The Labute approximate surface area is 122 Å². The maximum absolute atomic E-state index is 11.9. The average molecular weight is 287 g/mol. The van der Waals surface area contributed by atoms with Crippen LogP contribution >= 0.6 is 0 Å². The van der Waals surface area contributed by atoms with E-state index in [-0.39, 0.29) is 11.8 Å². The van der Waals surface area contributed by atoms with Crippen molar-refractivity contribution >= 4 is 17.5 Å². The molecule has 0 saturated heterocycles. The summed E-state index contributed by atoms with van der Waals surface area (Å²) in [7, 11) is 0. The Morgan fingerprint density at radius 2 is 1.90 bits per heavy atom. The molecule has 1 atom stereocenters. The molecular formula is C15H17N3O3. The normalized spacial score (nSPS) is 11.8. The number of hydrogen-bond donors (Lipinski definition) is 2. The Morgan fingerprint density at radius 3 is 2.43 bits per heavy atom. The summed E-state index contributed by atoms with van der Waals surface area (Å²) in [6, 6.07) is 6.65. The Kier molecular flexibility index (Phi) is 4.37. The standard InChI is InChI=1S/C15H17N3O3/c1-9(16-10(2)19)15(20)18-13-6-4-12(5-7-13)14-8-21-11(3)17-14/h4-9H,1-3H3,(H,16,19)(H,18,20). The van der Waals surface area contributed by atoms with Crippen LogP contribution < -0.4 is 10.6 Å². The van der Waals surface area contributed by atoms with Gasteiger partial charge < -0.3 is 15.1 Å². The molecule has 110 valence electrons. The maximum Gasteiger partial charge on any atom is 0.246 e. The fraction of sp³-hybridized carbons (Fsp3) is 0.267. The van der Waals surface area contributed by atoms with Gasteiger partial charge in [0.1, 0.15) is 18.0 Å². The zero-order valence-corrected chi connectivity index (χ0v) is 12.1. The number of hydrogen-bond acceptors (Lipinski definition) is 4. The predicted molar refractivity (Wildman–Crippen MR) is 78.6 cm³/mol. The third-order valence-corrected chi connectivity index (χ3v) is 2.88. The number of anilines is 1. The molecule has 1 aromatic carbocycles. The van der Waals surface area contributed by atoms with Crippen molar-refractivity contribution in [3.8, 4) is 11.3 Å². The smallest absolute Gasteiger partial charge is 0.246 e. The lowest BCUT2D eigenvalue weighted by molar-refractivity contribution is -0.124. The van der Waals surface area contributed by atoms with Crippen LogP contribution in [-0.2, 0) is 9.59 Å². The molecule has 6 heteroatoms. The first kappa shape index (κ1) is 14.8. The zero-order valence-electron chi connectivity index (χ0n) is 12.1. The van der Waals surface area contributed by atoms with Crippen LogP contribution in [0.15, 0.2) is 34.9 Å². The average Bonchev–Trinajstić information content (AvgIpc) is 2.85. The lowest BCUT2D eigenvalue weighted by Crippen LogP contribution is -2.40. The Hall–Kier alpha value is -2.63. The number of aryl methyl sites for hydroxylation is 1. The first-order chi connectivity index (χ1) is 9.95. The molecule has 2 aromatic rings. The molecule has 1 aromatic heterocycles. The van der Waals surface area contributed by atoms with E-state index in [0.717, 1.165) is 11.3 Å². The summed E-state index contributed by atoms with van der Waals surface area (Å²) in [6.07, 6.45) is 1.59. The topological polar surface area (TPSA) is 84.2 Å². The van der Waals surface area contributed by atoms with Gasteiger partial charge in [-0.25, -0.2) is 4.98 Å². The largest absolute Gasteiger partial charge is 0.449 e. The summed E-state index contributed by atoms with van der Waals surface area (Å²) >= 11 is 0. The van der Waals surface area contributed by atoms with Gasteiger partial charge in [0.05, 0.1) is 0 Å². The quantitative estimate of drug-likeness (QED) is 0.902. The van der Waals surface area contributed by atoms with Gasteiger partial charge >= 0.3 is 0 Å². The fourth-order valence-electron chi connectivity index (χ4n) is 1.84. The van der Waals surface area contributed by atoms with Crippen molar-refractivity contribution in [3.05, 3.63) is 36.4 Å². The van der Waals surface area contributed by atoms with Gasteiger partial charge in [-0.05, 0) is 19.1 Å². The number of carbonyl (C=O) groups excluding carboxylic acids is 2. The molecule has 0 aliphatic carbocycles. The number of oxazole rings is 1. The van der Waals surface area contributed by atoms with Crippen LogP contribution in [0.3, 0.4) is 0 Å². The van der Waals surface area contributed by atoms with Crippen LogP contribution in [0.4, 0.5) is 5.69 Å². The molecule has 0 aliphatic heterocycles. The monoisotopic (exact) mass is 287 g/mol. The molecule has 0 fully saturated rings. The second kappa shape index (κ2) is 6.21. The number of nitrogens with one attached hydrogen (secondary N) is 2. The summed E-state index contributed by atoms with van der Waals surface area (Å²) in [5.41, 5.74) is 2.30. The van der Waals surface area contributed by atoms with E-state index in [1.165, 1.54) is 6.92 Å². The Bertz CT molecular complexity index is 646. The molecule has 0 bridgehead atoms. The molecule has 1 unspecified atom stereocenters. The molecule has 2 amide bonds. The van der Waals surface area contributed by atoms with E-state index in [0.29, 0.717) is 11.6 Å². The molecule has 1 heterocycles. The minimum atomic E-state index is -0.583. The summed E-state index contributed by atoms with van der Waals surface area (Å²) in [5.74, 6) is 0.0936. The molecule has 21 heavy (non-hydrogen) atoms. The number of amides is 2. The van der Waals surface area contributed by atoms with Crippen molar-refractivity contribution in [3.63, 3.8) is 0 Å². The van der Waals surface area contributed by atoms with Crippen LogP contribution in [0, 0.1) is 6.92 Å². The van der Waals surface area contributed by atoms with E-state index in [1.54, 1.807) is 32.2 Å². The van der Waals surface area contributed by atoms with Crippen molar-refractivity contribution in [1.29, 1.82) is 0 Å². The second-order valence-electron chi connectivity index (χ2n) is 4.74. The third-order valence-electron chi connectivity index (χ3n) is 2.88. The summed E-state index contributed by atoms with van der Waals surface area (Å²) in [5, 5.41) is 5.26. The maximum atomic E-state index is 11.9. The number of nitrogens with zero attached hydrogens (tertiary/aromatic N) is 1. The Morgan fingerprint density at radius 1 is 1.24 bits per heavy atom. The first-order valence-corrected chi connectivity index (χ1v) is 6.56. The third kappa shape index (κ3) is 3.92. The molecule has 6 nitrogen and oxygen atoms in total. The highest BCUT2D eigenvalue weighted by atomic mass is 16.3. The minimum Gasteiger partial charge on any atom is -0.449 e. The van der Waals surface area contributed by atoms with Crippen molar-refractivity contribution in [1.82, 2.24) is 10.3 Å². The molecule has 0 aliphatic rings. The van der Waals surface area contributed by atoms with Gasteiger partial charge in [-0.1, -0.05) is 12.1 Å². The van der Waals surface area contributed by atoms with E-state index < -0.39 is 6.04 Å². The molecule has 2 rings (SSSR count). The minimum absolute atomic E-state index is 0.241. The summed E-state index contributed by atoms with van der Waals surface area (Å²) < 4.78 is 5.16. The van der Waals surface area contributed by atoms with Crippen LogP contribution in [0.2, 0.25) is 0 Å². The van der Waals surface area contributed by atoms with Crippen LogP contribution in [0.25, 0.3) is 11.3 Å². The first-order valence-electron chi connectivity index (χ1n) is 6.56. The van der Waals surface area contributed by atoms with Gasteiger partial charge in [-0.15, -0.1) is 0 Å². The highest BCUT2D eigenvalue weighted by Crippen LogP contribution is 2.20. The van der Waals surface area contributed by atoms with Crippen LogP contribution in [0.1, 0.15) is 19.7 Å². The fourth-order valence-corrected chi connectivity index (χ4v) is 1.84. The number of rotatable bonds is 4. The lowest BCUT2D eigenvalue weighted by Gasteiger charge is -2.12. The van der Waals surface area contributed by atoms with Crippen molar-refractivity contribution in [2.75, 3.05) is 5.32 Å². The van der Waals surface area contributed by atoms with Crippen LogP contribution in [-0.4, -0.2) is 22.8 Å². The van der Waals surface area contributed by atoms with E-state index in [1.807, 2.05) is 12.1 Å². The molecule has 0 saturated carbocycles. The highest BCUT2D eigenvalue weighted by molar-refractivity contribution is 5.96. The van der Waals surface area contributed by atoms with E-state index in [9.17, 15) is 9.59 Å². The zero-order chi connectivity index (χ0) is 15.4. The number of aromatic nitrogens is 1. The van der Waals surface area contributed by atoms with E-state index in [4.69, 9.17) is 4.42 Å². The molecule has 2 N–H and O–H groups in total. The van der Waals surface area contributed by atoms with Gasteiger partial charge in [-0.2, -0.15) is 0 Å². The highest BCUT2D eigenvalue weighted by Gasteiger charge is 2.13. The Balaban J connectivity index is 2.02. The van der Waals surface area contributed by atoms with Crippen LogP contribution in [0.5, 0.6) is 0 Å². The SMILES string of the molecule is CC(=O)NC(C)C(=O)Nc1ccc(-c2coc(C)n2)cc1. The predicted octanol–water partition coefficient (Wildman–Crippen LogP) is 2.11. The van der Waals surface area contributed by atoms with E-state index in [2.05, 4.69) is 15.6 Å².